The monoisotopic (exact) mass is 522 g/mol. The van der Waals surface area contributed by atoms with Gasteiger partial charge in [-0.3, -0.25) is 18.2 Å². The van der Waals surface area contributed by atoms with Gasteiger partial charge >= 0.3 is 0 Å². The Balaban J connectivity index is 2.51. The van der Waals surface area contributed by atoms with E-state index >= 15 is 0 Å². The van der Waals surface area contributed by atoms with Crippen LogP contribution in [0.2, 0.25) is 0 Å². The molecule has 4 N–H and O–H groups in total. The van der Waals surface area contributed by atoms with Crippen molar-refractivity contribution in [1.29, 1.82) is 0 Å². The molecule has 0 saturated heterocycles. The van der Waals surface area contributed by atoms with Crippen molar-refractivity contribution in [2.45, 2.75) is 19.6 Å². The van der Waals surface area contributed by atoms with Crippen LogP contribution in [0.1, 0.15) is 0 Å². The molecule has 0 amide bonds. The van der Waals surface area contributed by atoms with E-state index in [9.17, 15) is 51.9 Å². The summed E-state index contributed by atoms with van der Waals surface area (Å²) in [6.07, 6.45) is 0. The van der Waals surface area contributed by atoms with Gasteiger partial charge in [-0.05, 0) is 12.1 Å². The fraction of sp³-hybridized carbons (Fsp3) is 0. The van der Waals surface area contributed by atoms with Gasteiger partial charge in [-0.1, -0.05) is 24.3 Å². The Kier molecular flexibility index (Phi) is 4.65. The third-order valence-electron chi connectivity index (χ3n) is 4.86. The van der Waals surface area contributed by atoms with Crippen LogP contribution in [-0.2, 0) is 40.5 Å². The highest BCUT2D eigenvalue weighted by atomic mass is 32.2. The molecule has 0 radical (unpaired) electrons. The van der Waals surface area contributed by atoms with E-state index in [2.05, 4.69) is 0 Å². The summed E-state index contributed by atoms with van der Waals surface area (Å²) in [6, 6.07) is 4.98. The lowest BCUT2D eigenvalue weighted by Crippen LogP contribution is -2.08. The van der Waals surface area contributed by atoms with Crippen LogP contribution in [0.4, 0.5) is 0 Å². The zero-order valence-electron chi connectivity index (χ0n) is 15.2. The molecule has 0 atom stereocenters. The Morgan fingerprint density at radius 2 is 0.594 bits per heavy atom. The maximum absolute atomic E-state index is 11.9. The Labute approximate surface area is 180 Å². The first-order chi connectivity index (χ1) is 14.4. The van der Waals surface area contributed by atoms with Gasteiger partial charge < -0.3 is 0 Å². The maximum atomic E-state index is 11.9. The number of benzene rings is 4. The van der Waals surface area contributed by atoms with Crippen molar-refractivity contribution < 1.29 is 51.9 Å². The molecule has 0 aromatic heterocycles. The van der Waals surface area contributed by atoms with E-state index < -0.39 is 60.1 Å². The lowest BCUT2D eigenvalue weighted by Gasteiger charge is -2.17. The minimum absolute atomic E-state index is 0.346. The molecular formula is C16H10O12S4. The number of rotatable bonds is 4. The van der Waals surface area contributed by atoms with Crippen LogP contribution in [0.5, 0.6) is 0 Å². The van der Waals surface area contributed by atoms with Crippen molar-refractivity contribution in [3.05, 3.63) is 36.4 Å². The van der Waals surface area contributed by atoms with Crippen LogP contribution in [-0.4, -0.2) is 51.9 Å². The van der Waals surface area contributed by atoms with E-state index in [-0.39, 0.29) is 32.3 Å². The molecule has 4 rings (SSSR count). The van der Waals surface area contributed by atoms with Crippen molar-refractivity contribution in [3.63, 3.8) is 0 Å². The summed E-state index contributed by atoms with van der Waals surface area (Å²) in [6.45, 7) is 0. The average Bonchev–Trinajstić information content (AvgIpc) is 2.61. The highest BCUT2D eigenvalue weighted by Gasteiger charge is 2.29. The maximum Gasteiger partial charge on any atom is 0.295 e. The van der Waals surface area contributed by atoms with Crippen molar-refractivity contribution in [2.24, 2.45) is 0 Å². The molecular weight excluding hydrogens is 512 g/mol. The molecule has 16 heteroatoms. The van der Waals surface area contributed by atoms with Crippen molar-refractivity contribution in [2.75, 3.05) is 0 Å². The molecule has 0 spiro atoms. The number of hydrogen-bond acceptors (Lipinski definition) is 8. The Morgan fingerprint density at radius 3 is 0.750 bits per heavy atom. The van der Waals surface area contributed by atoms with Crippen LogP contribution < -0.4 is 0 Å². The molecule has 0 saturated carbocycles. The van der Waals surface area contributed by atoms with Gasteiger partial charge in [-0.15, -0.1) is 0 Å². The fourth-order valence-electron chi connectivity index (χ4n) is 3.72. The summed E-state index contributed by atoms with van der Waals surface area (Å²) in [5.41, 5.74) is 0. The Bertz CT molecular complexity index is 1630. The van der Waals surface area contributed by atoms with Gasteiger partial charge in [0.2, 0.25) is 0 Å². The van der Waals surface area contributed by atoms with Crippen LogP contribution in [0.15, 0.2) is 56.0 Å². The predicted octanol–water partition coefficient (Wildman–Crippen LogP) is 1.57. The van der Waals surface area contributed by atoms with Crippen LogP contribution in [0, 0.1) is 0 Å². The van der Waals surface area contributed by atoms with Gasteiger partial charge in [0.1, 0.15) is 19.6 Å². The highest BCUT2D eigenvalue weighted by Crippen LogP contribution is 2.44. The van der Waals surface area contributed by atoms with Gasteiger partial charge in [-0.2, -0.15) is 33.7 Å². The van der Waals surface area contributed by atoms with Crippen molar-refractivity contribution >= 4 is 72.8 Å². The summed E-state index contributed by atoms with van der Waals surface area (Å²) < 4.78 is 134. The standard InChI is InChI=1S/C16H10O12S4/c17-29(18,19)11-5-13(31(23,24)25)9-3-4-10-14(32(26,27)28)6-12(30(20,21)22)8-2-1-7(11)15(9)16(8)10/h1-6H,(H,17,18,19)(H,20,21,22)(H,23,24,25)(H,26,27,28). The Hall–Kier alpha value is -2.44. The van der Waals surface area contributed by atoms with Crippen LogP contribution >= 0.6 is 0 Å². The van der Waals surface area contributed by atoms with E-state index in [1.807, 2.05) is 0 Å². The molecule has 0 bridgehead atoms. The molecule has 0 aliphatic carbocycles. The molecule has 32 heavy (non-hydrogen) atoms. The van der Waals surface area contributed by atoms with Gasteiger partial charge in [-0.25, -0.2) is 0 Å². The smallest absolute Gasteiger partial charge is 0.282 e. The lowest BCUT2D eigenvalue weighted by molar-refractivity contribution is 0.478. The zero-order chi connectivity index (χ0) is 24.0. The predicted molar refractivity (Wildman–Crippen MR) is 109 cm³/mol. The second kappa shape index (κ2) is 6.55. The topological polar surface area (TPSA) is 217 Å². The van der Waals surface area contributed by atoms with Crippen molar-refractivity contribution in [1.82, 2.24) is 0 Å². The molecule has 4 aromatic rings. The molecule has 0 heterocycles. The molecule has 0 aliphatic rings. The lowest BCUT2D eigenvalue weighted by atomic mass is 9.94. The first-order valence-corrected chi connectivity index (χ1v) is 13.9. The molecule has 4 aromatic carbocycles. The first kappa shape index (κ1) is 22.7. The van der Waals surface area contributed by atoms with Gasteiger partial charge in [0.15, 0.2) is 0 Å². The molecule has 170 valence electrons. The molecule has 0 fully saturated rings. The SMILES string of the molecule is O=S(=O)(O)c1cc(S(=O)(=O)O)c2ccc3c(S(=O)(=O)O)cc(S(=O)(=O)O)c4ccc1c2c43. The quantitative estimate of drug-likeness (QED) is 0.222. The van der Waals surface area contributed by atoms with E-state index in [4.69, 9.17) is 0 Å². The van der Waals surface area contributed by atoms with E-state index in [1.54, 1.807) is 0 Å². The summed E-state index contributed by atoms with van der Waals surface area (Å²) >= 11 is 0. The second-order valence-corrected chi connectivity index (χ2v) is 12.3. The minimum Gasteiger partial charge on any atom is -0.282 e. The van der Waals surface area contributed by atoms with Gasteiger partial charge in [0.25, 0.3) is 40.5 Å². The zero-order valence-corrected chi connectivity index (χ0v) is 18.4. The normalized spacial score (nSPS) is 14.0. The summed E-state index contributed by atoms with van der Waals surface area (Å²) in [4.78, 5) is -3.90. The molecule has 0 unspecified atom stereocenters. The molecule has 0 aliphatic heterocycles. The van der Waals surface area contributed by atoms with Crippen molar-refractivity contribution in [3.8, 4) is 0 Å². The summed E-state index contributed by atoms with van der Waals surface area (Å²) in [5.74, 6) is 0. The van der Waals surface area contributed by atoms with Gasteiger partial charge in [0.05, 0.1) is 0 Å². The van der Waals surface area contributed by atoms with Crippen LogP contribution in [0.25, 0.3) is 32.3 Å². The summed E-state index contributed by atoms with van der Waals surface area (Å²) in [7, 11) is -20.4. The summed E-state index contributed by atoms with van der Waals surface area (Å²) in [5, 5.41) is -2.11. The van der Waals surface area contributed by atoms with E-state index in [0.717, 1.165) is 24.3 Å². The second-order valence-electron chi connectivity index (χ2n) is 6.72. The average molecular weight is 523 g/mol. The van der Waals surface area contributed by atoms with E-state index in [0.29, 0.717) is 12.1 Å². The molecule has 12 nitrogen and oxygen atoms in total. The fourth-order valence-corrected chi connectivity index (χ4v) is 6.73. The van der Waals surface area contributed by atoms with Gasteiger partial charge in [0, 0.05) is 32.3 Å². The Morgan fingerprint density at radius 1 is 0.406 bits per heavy atom. The number of hydrogen-bond donors (Lipinski definition) is 4. The minimum atomic E-state index is -5.10. The highest BCUT2D eigenvalue weighted by molar-refractivity contribution is 7.87. The van der Waals surface area contributed by atoms with Crippen LogP contribution in [0.3, 0.4) is 0 Å². The third kappa shape index (κ3) is 3.41. The third-order valence-corrected chi connectivity index (χ3v) is 8.43. The largest absolute Gasteiger partial charge is 0.295 e. The van der Waals surface area contributed by atoms with E-state index in [1.165, 1.54) is 0 Å². The first-order valence-electron chi connectivity index (χ1n) is 8.11.